The van der Waals surface area contributed by atoms with Crippen molar-refractivity contribution < 1.29 is 23.5 Å². The first-order valence-electron chi connectivity index (χ1n) is 9.74. The minimum Gasteiger partial charge on any atom is -0.497 e. The summed E-state index contributed by atoms with van der Waals surface area (Å²) in [7, 11) is 1.58. The fourth-order valence-corrected chi connectivity index (χ4v) is 3.40. The molecule has 8 heteroatoms. The highest BCUT2D eigenvalue weighted by atomic mass is 19.1. The molecule has 30 heavy (non-hydrogen) atoms. The molecular formula is C22H24FN3O4. The zero-order valence-electron chi connectivity index (χ0n) is 16.9. The summed E-state index contributed by atoms with van der Waals surface area (Å²) in [4.78, 5) is 40.6. The largest absolute Gasteiger partial charge is 0.497 e. The average Bonchev–Trinajstić information content (AvgIpc) is 2.97. The van der Waals surface area contributed by atoms with Crippen molar-refractivity contribution in [2.75, 3.05) is 25.1 Å². The lowest BCUT2D eigenvalue weighted by molar-refractivity contribution is -0.127. The van der Waals surface area contributed by atoms with E-state index in [1.165, 1.54) is 29.2 Å². The highest BCUT2D eigenvalue weighted by molar-refractivity contribution is 6.22. The number of rotatable bonds is 8. The smallest absolute Gasteiger partial charge is 0.332 e. The number of hydrogen-bond donors (Lipinski definition) is 1. The van der Waals surface area contributed by atoms with Crippen LogP contribution >= 0.6 is 0 Å². The summed E-state index contributed by atoms with van der Waals surface area (Å²) in [5.74, 6) is -0.539. The quantitative estimate of drug-likeness (QED) is 0.675. The van der Waals surface area contributed by atoms with Gasteiger partial charge in [0, 0.05) is 13.1 Å². The Kier molecular flexibility index (Phi) is 6.66. The lowest BCUT2D eigenvalue weighted by Gasteiger charge is -2.21. The lowest BCUT2D eigenvalue weighted by Crippen LogP contribution is -2.40. The molecule has 3 rings (SSSR count). The summed E-state index contributed by atoms with van der Waals surface area (Å²) in [5.41, 5.74) is 1.24. The molecule has 1 saturated heterocycles. The zero-order valence-corrected chi connectivity index (χ0v) is 16.9. The second kappa shape index (κ2) is 9.39. The van der Waals surface area contributed by atoms with Gasteiger partial charge in [0.2, 0.25) is 5.91 Å². The van der Waals surface area contributed by atoms with Gasteiger partial charge in [-0.25, -0.2) is 14.1 Å². The third-order valence-electron chi connectivity index (χ3n) is 4.96. The lowest BCUT2D eigenvalue weighted by atomic mass is 10.1. The van der Waals surface area contributed by atoms with Crippen LogP contribution in [0, 0.1) is 5.82 Å². The first kappa shape index (κ1) is 21.3. The molecule has 1 heterocycles. The molecule has 0 saturated carbocycles. The SMILES string of the molecule is CCNC(=O)C[C@@H]1C(=O)N(c2ccc(F)cc2)C(=O)N1CCc1ccc(OC)cc1. The van der Waals surface area contributed by atoms with Crippen molar-refractivity contribution in [1.82, 2.24) is 10.2 Å². The second-order valence-electron chi connectivity index (χ2n) is 6.90. The number of anilines is 1. The van der Waals surface area contributed by atoms with Crippen molar-refractivity contribution in [3.05, 3.63) is 59.9 Å². The maximum Gasteiger partial charge on any atom is 0.332 e. The summed E-state index contributed by atoms with van der Waals surface area (Å²) in [5, 5.41) is 2.67. The molecule has 0 aromatic heterocycles. The van der Waals surface area contributed by atoms with Crippen molar-refractivity contribution in [3.63, 3.8) is 0 Å². The minimum absolute atomic E-state index is 0.126. The average molecular weight is 413 g/mol. The first-order chi connectivity index (χ1) is 14.4. The molecular weight excluding hydrogens is 389 g/mol. The van der Waals surface area contributed by atoms with Crippen LogP contribution in [-0.4, -0.2) is 49.0 Å². The fourth-order valence-electron chi connectivity index (χ4n) is 3.40. The Hall–Kier alpha value is -3.42. The van der Waals surface area contributed by atoms with Crippen LogP contribution in [0.2, 0.25) is 0 Å². The van der Waals surface area contributed by atoms with Crippen LogP contribution in [0.25, 0.3) is 0 Å². The number of carbonyl (C=O) groups excluding carboxylic acids is 3. The highest BCUT2D eigenvalue weighted by Crippen LogP contribution is 2.27. The molecule has 2 aromatic carbocycles. The Morgan fingerprint density at radius 2 is 1.77 bits per heavy atom. The summed E-state index contributed by atoms with van der Waals surface area (Å²) in [6.07, 6.45) is 0.380. The summed E-state index contributed by atoms with van der Waals surface area (Å²) in [6, 6.07) is 11.1. The van der Waals surface area contributed by atoms with E-state index in [0.717, 1.165) is 16.2 Å². The minimum atomic E-state index is -0.910. The molecule has 4 amide bonds. The summed E-state index contributed by atoms with van der Waals surface area (Å²) >= 11 is 0. The molecule has 1 aliphatic rings. The normalized spacial score (nSPS) is 16.2. The van der Waals surface area contributed by atoms with Crippen LogP contribution in [0.4, 0.5) is 14.9 Å². The Balaban J connectivity index is 1.82. The molecule has 0 bridgehead atoms. The van der Waals surface area contributed by atoms with Crippen LogP contribution in [0.15, 0.2) is 48.5 Å². The standard InChI is InChI=1S/C22H24FN3O4/c1-3-24-20(27)14-19-21(28)26(17-8-6-16(23)7-9-17)22(29)25(19)13-12-15-4-10-18(30-2)11-5-15/h4-11,19H,3,12-14H2,1-2H3,(H,24,27)/t19-/m1/s1. The molecule has 1 aliphatic heterocycles. The number of imide groups is 1. The number of carbonyl (C=O) groups is 3. The fraction of sp³-hybridized carbons (Fsp3) is 0.318. The van der Waals surface area contributed by atoms with Gasteiger partial charge in [-0.05, 0) is 55.3 Å². The van der Waals surface area contributed by atoms with Crippen LogP contribution in [0.5, 0.6) is 5.75 Å². The molecule has 0 aliphatic carbocycles. The number of hydrogen-bond acceptors (Lipinski definition) is 4. The Bertz CT molecular complexity index is 915. The number of benzene rings is 2. The van der Waals surface area contributed by atoms with Crippen molar-refractivity contribution in [2.45, 2.75) is 25.8 Å². The molecule has 1 atom stereocenters. The van der Waals surface area contributed by atoms with Crippen molar-refractivity contribution in [3.8, 4) is 5.75 Å². The summed E-state index contributed by atoms with van der Waals surface area (Å²) in [6.45, 7) is 2.48. The zero-order chi connectivity index (χ0) is 21.7. The van der Waals surface area contributed by atoms with Gasteiger partial charge in [-0.2, -0.15) is 0 Å². The van der Waals surface area contributed by atoms with Gasteiger partial charge in [0.05, 0.1) is 19.2 Å². The molecule has 1 fully saturated rings. The second-order valence-corrected chi connectivity index (χ2v) is 6.90. The van der Waals surface area contributed by atoms with Crippen molar-refractivity contribution >= 4 is 23.5 Å². The van der Waals surface area contributed by atoms with Crippen LogP contribution in [0.1, 0.15) is 18.9 Å². The Labute approximate surface area is 174 Å². The number of nitrogens with zero attached hydrogens (tertiary/aromatic N) is 2. The predicted molar refractivity (Wildman–Crippen MR) is 110 cm³/mol. The van der Waals surface area contributed by atoms with E-state index in [1.54, 1.807) is 14.0 Å². The third kappa shape index (κ3) is 4.59. The van der Waals surface area contributed by atoms with E-state index in [1.807, 2.05) is 24.3 Å². The molecule has 0 unspecified atom stereocenters. The van der Waals surface area contributed by atoms with E-state index in [-0.39, 0.29) is 24.6 Å². The number of halogens is 1. The highest BCUT2D eigenvalue weighted by Gasteiger charge is 2.46. The molecule has 2 aromatic rings. The van der Waals surface area contributed by atoms with Gasteiger partial charge >= 0.3 is 6.03 Å². The van der Waals surface area contributed by atoms with Gasteiger partial charge in [-0.1, -0.05) is 12.1 Å². The van der Waals surface area contributed by atoms with Gasteiger partial charge in [0.1, 0.15) is 17.6 Å². The van der Waals surface area contributed by atoms with E-state index in [9.17, 15) is 18.8 Å². The number of methoxy groups -OCH3 is 1. The number of ether oxygens (including phenoxy) is 1. The molecule has 0 radical (unpaired) electrons. The third-order valence-corrected chi connectivity index (χ3v) is 4.96. The van der Waals surface area contributed by atoms with E-state index >= 15 is 0 Å². The van der Waals surface area contributed by atoms with Gasteiger partial charge in [0.25, 0.3) is 5.91 Å². The number of nitrogens with one attached hydrogen (secondary N) is 1. The maximum absolute atomic E-state index is 13.3. The number of urea groups is 1. The van der Waals surface area contributed by atoms with Crippen LogP contribution in [0.3, 0.4) is 0 Å². The van der Waals surface area contributed by atoms with E-state index in [2.05, 4.69) is 5.32 Å². The summed E-state index contributed by atoms with van der Waals surface area (Å²) < 4.78 is 18.4. The Morgan fingerprint density at radius 3 is 2.37 bits per heavy atom. The van der Waals surface area contributed by atoms with Gasteiger partial charge in [-0.3, -0.25) is 9.59 Å². The monoisotopic (exact) mass is 413 g/mol. The van der Waals surface area contributed by atoms with E-state index in [0.29, 0.717) is 13.0 Å². The topological polar surface area (TPSA) is 79.0 Å². The van der Waals surface area contributed by atoms with Gasteiger partial charge < -0.3 is 15.0 Å². The predicted octanol–water partition coefficient (Wildman–Crippen LogP) is 2.74. The maximum atomic E-state index is 13.3. The first-order valence-corrected chi connectivity index (χ1v) is 9.74. The Morgan fingerprint density at radius 1 is 1.10 bits per heavy atom. The number of amides is 4. The van der Waals surface area contributed by atoms with Crippen LogP contribution < -0.4 is 15.0 Å². The van der Waals surface area contributed by atoms with Crippen molar-refractivity contribution in [2.24, 2.45) is 0 Å². The molecule has 7 nitrogen and oxygen atoms in total. The van der Waals surface area contributed by atoms with Crippen molar-refractivity contribution in [1.29, 1.82) is 0 Å². The molecule has 0 spiro atoms. The van der Waals surface area contributed by atoms with E-state index < -0.39 is 23.8 Å². The van der Waals surface area contributed by atoms with Gasteiger partial charge in [-0.15, -0.1) is 0 Å². The van der Waals surface area contributed by atoms with Gasteiger partial charge in [0.15, 0.2) is 0 Å². The van der Waals surface area contributed by atoms with E-state index in [4.69, 9.17) is 4.74 Å². The molecule has 158 valence electrons. The van der Waals surface area contributed by atoms with Crippen LogP contribution in [-0.2, 0) is 16.0 Å². The molecule has 1 N–H and O–H groups in total.